The Hall–Kier alpha value is -1.46. The number of carbonyl (C=O) groups excluding carboxylic acids is 2. The summed E-state index contributed by atoms with van der Waals surface area (Å²) in [4.78, 5) is 28.8. The molecule has 1 saturated heterocycles. The number of hydrogen-bond donors (Lipinski definition) is 0. The molecule has 0 atom stereocenters. The number of rotatable bonds is 1. The second kappa shape index (κ2) is 4.03. The predicted octanol–water partition coefficient (Wildman–Crippen LogP) is 2.56. The summed E-state index contributed by atoms with van der Waals surface area (Å²) in [5, 5.41) is 1.23. The number of fused-ring (bicyclic) bond motifs is 1. The second-order valence-electron chi connectivity index (χ2n) is 4.21. The molecule has 18 heavy (non-hydrogen) atoms. The molecule has 1 fully saturated rings. The molecule has 6 heteroatoms. The van der Waals surface area contributed by atoms with E-state index < -0.39 is 0 Å². The molecule has 1 amide bonds. The Labute approximate surface area is 112 Å². The maximum atomic E-state index is 11.7. The van der Waals surface area contributed by atoms with Crippen molar-refractivity contribution < 1.29 is 9.59 Å². The topological polar surface area (TPSA) is 50.3 Å². The lowest BCUT2D eigenvalue weighted by Crippen LogP contribution is -2.24. The first-order valence-electron chi connectivity index (χ1n) is 5.44. The van der Waals surface area contributed by atoms with Gasteiger partial charge in [0.2, 0.25) is 5.91 Å². The van der Waals surface area contributed by atoms with Gasteiger partial charge in [0, 0.05) is 5.02 Å². The minimum Gasteiger partial charge on any atom is -0.297 e. The van der Waals surface area contributed by atoms with Crippen molar-refractivity contribution in [1.82, 2.24) is 4.98 Å². The number of aromatic nitrogens is 1. The molecule has 1 aromatic heterocycles. The van der Waals surface area contributed by atoms with Crippen molar-refractivity contribution in [2.75, 3.05) is 11.4 Å². The van der Waals surface area contributed by atoms with Crippen molar-refractivity contribution in [3.63, 3.8) is 0 Å². The van der Waals surface area contributed by atoms with Crippen LogP contribution in [0.1, 0.15) is 12.0 Å². The van der Waals surface area contributed by atoms with E-state index in [2.05, 4.69) is 4.98 Å². The number of anilines is 1. The summed E-state index contributed by atoms with van der Waals surface area (Å²) in [5.41, 5.74) is 1.70. The molecule has 2 heterocycles. The highest BCUT2D eigenvalue weighted by atomic mass is 35.5. The zero-order valence-electron chi connectivity index (χ0n) is 9.57. The Balaban J connectivity index is 2.12. The van der Waals surface area contributed by atoms with E-state index in [0.717, 1.165) is 15.8 Å². The summed E-state index contributed by atoms with van der Waals surface area (Å²) >= 11 is 7.44. The lowest BCUT2D eigenvalue weighted by Gasteiger charge is -2.08. The zero-order chi connectivity index (χ0) is 12.9. The molecule has 1 aliphatic rings. The first-order valence-corrected chi connectivity index (χ1v) is 6.63. The van der Waals surface area contributed by atoms with E-state index in [1.165, 1.54) is 16.2 Å². The summed E-state index contributed by atoms with van der Waals surface area (Å²) in [6.07, 6.45) is -0.0182. The van der Waals surface area contributed by atoms with Gasteiger partial charge in [-0.3, -0.25) is 14.5 Å². The number of thiazole rings is 1. The second-order valence-corrected chi connectivity index (χ2v) is 5.63. The molecule has 1 aromatic carbocycles. The smallest absolute Gasteiger partial charge is 0.236 e. The van der Waals surface area contributed by atoms with Crippen LogP contribution >= 0.6 is 22.9 Å². The summed E-state index contributed by atoms with van der Waals surface area (Å²) in [5.74, 6) is -0.239. The van der Waals surface area contributed by atoms with Crippen molar-refractivity contribution in [1.29, 1.82) is 0 Å². The van der Waals surface area contributed by atoms with Crippen LogP contribution in [0.4, 0.5) is 5.13 Å². The quantitative estimate of drug-likeness (QED) is 0.755. The van der Waals surface area contributed by atoms with E-state index in [4.69, 9.17) is 11.6 Å². The third kappa shape index (κ3) is 1.71. The number of nitrogens with zero attached hydrogens (tertiary/aromatic N) is 2. The van der Waals surface area contributed by atoms with Gasteiger partial charge in [-0.25, -0.2) is 4.98 Å². The molecule has 2 aromatic rings. The van der Waals surface area contributed by atoms with Gasteiger partial charge in [0.25, 0.3) is 0 Å². The van der Waals surface area contributed by atoms with Gasteiger partial charge >= 0.3 is 0 Å². The van der Waals surface area contributed by atoms with Gasteiger partial charge in [0.05, 0.1) is 23.2 Å². The highest BCUT2D eigenvalue weighted by molar-refractivity contribution is 7.22. The summed E-state index contributed by atoms with van der Waals surface area (Å²) in [6.45, 7) is 2.02. The van der Waals surface area contributed by atoms with Crippen LogP contribution in [0.3, 0.4) is 0 Å². The first-order chi connectivity index (χ1) is 8.56. The van der Waals surface area contributed by atoms with Gasteiger partial charge in [0.15, 0.2) is 10.9 Å². The average Bonchev–Trinajstić information content (AvgIpc) is 2.87. The highest BCUT2D eigenvalue weighted by Crippen LogP contribution is 2.34. The fraction of sp³-hybridized carbons (Fsp3) is 0.250. The van der Waals surface area contributed by atoms with Crippen molar-refractivity contribution in [2.45, 2.75) is 13.3 Å². The first kappa shape index (κ1) is 11.6. The Morgan fingerprint density at radius 1 is 1.39 bits per heavy atom. The zero-order valence-corrected chi connectivity index (χ0v) is 11.1. The molecule has 0 bridgehead atoms. The third-order valence-electron chi connectivity index (χ3n) is 2.95. The van der Waals surface area contributed by atoms with Crippen LogP contribution < -0.4 is 4.90 Å². The minimum atomic E-state index is -0.178. The van der Waals surface area contributed by atoms with E-state index in [1.807, 2.05) is 19.1 Å². The fourth-order valence-electron chi connectivity index (χ4n) is 1.96. The third-order valence-corrected chi connectivity index (χ3v) is 4.40. The van der Waals surface area contributed by atoms with Crippen molar-refractivity contribution >= 4 is 50.0 Å². The van der Waals surface area contributed by atoms with Gasteiger partial charge in [-0.05, 0) is 24.6 Å². The molecule has 0 aliphatic carbocycles. The Kier molecular flexibility index (Phi) is 2.60. The molecule has 4 nitrogen and oxygen atoms in total. The molecular formula is C12H9ClN2O2S. The highest BCUT2D eigenvalue weighted by Gasteiger charge is 2.30. The van der Waals surface area contributed by atoms with E-state index in [0.29, 0.717) is 10.2 Å². The minimum absolute atomic E-state index is 0.0182. The van der Waals surface area contributed by atoms with Gasteiger partial charge in [-0.15, -0.1) is 0 Å². The maximum absolute atomic E-state index is 11.7. The summed E-state index contributed by atoms with van der Waals surface area (Å²) in [6, 6.07) is 3.70. The van der Waals surface area contributed by atoms with Crippen LogP contribution in [-0.2, 0) is 9.59 Å². The summed E-state index contributed by atoms with van der Waals surface area (Å²) in [7, 11) is 0. The molecular weight excluding hydrogens is 272 g/mol. The number of carbonyl (C=O) groups is 2. The Bertz CT molecular complexity index is 680. The van der Waals surface area contributed by atoms with Crippen LogP contribution in [-0.4, -0.2) is 23.2 Å². The predicted molar refractivity (Wildman–Crippen MR) is 71.3 cm³/mol. The number of amides is 1. The lowest BCUT2D eigenvalue weighted by molar-refractivity contribution is -0.121. The molecule has 1 aliphatic heterocycles. The van der Waals surface area contributed by atoms with Gasteiger partial charge in [0.1, 0.15) is 0 Å². The molecule has 0 unspecified atom stereocenters. The molecule has 0 radical (unpaired) electrons. The number of halogens is 1. The van der Waals surface area contributed by atoms with Crippen molar-refractivity contribution in [3.05, 3.63) is 22.7 Å². The van der Waals surface area contributed by atoms with E-state index in [-0.39, 0.29) is 24.7 Å². The molecule has 0 spiro atoms. The van der Waals surface area contributed by atoms with Crippen LogP contribution in [0, 0.1) is 6.92 Å². The molecule has 0 N–H and O–H groups in total. The monoisotopic (exact) mass is 280 g/mol. The van der Waals surface area contributed by atoms with Crippen molar-refractivity contribution in [3.8, 4) is 0 Å². The number of benzene rings is 1. The van der Waals surface area contributed by atoms with E-state index in [1.54, 1.807) is 0 Å². The van der Waals surface area contributed by atoms with E-state index >= 15 is 0 Å². The average molecular weight is 281 g/mol. The molecule has 0 saturated carbocycles. The molecule has 92 valence electrons. The van der Waals surface area contributed by atoms with Crippen LogP contribution in [0.25, 0.3) is 10.2 Å². The lowest BCUT2D eigenvalue weighted by atomic mass is 10.2. The Morgan fingerprint density at radius 3 is 2.83 bits per heavy atom. The van der Waals surface area contributed by atoms with Crippen LogP contribution in [0.15, 0.2) is 12.1 Å². The number of Topliss-reactive ketones (excluding diaryl/α,β-unsaturated/α-hetero) is 1. The van der Waals surface area contributed by atoms with Crippen molar-refractivity contribution in [2.24, 2.45) is 0 Å². The van der Waals surface area contributed by atoms with Gasteiger partial charge < -0.3 is 0 Å². The van der Waals surface area contributed by atoms with Crippen LogP contribution in [0.5, 0.6) is 0 Å². The maximum Gasteiger partial charge on any atom is 0.236 e. The molecule has 3 rings (SSSR count). The standard InChI is InChI=1S/C12H9ClN2O2S/c1-6-8(13)2-3-9-11(6)14-12(18-9)15-5-7(16)4-10(15)17/h2-3H,4-5H2,1H3. The van der Waals surface area contributed by atoms with E-state index in [9.17, 15) is 9.59 Å². The summed E-state index contributed by atoms with van der Waals surface area (Å²) < 4.78 is 0.971. The number of ketones is 1. The van der Waals surface area contributed by atoms with Gasteiger partial charge in [-0.1, -0.05) is 22.9 Å². The normalized spacial score (nSPS) is 16.0. The Morgan fingerprint density at radius 2 is 2.17 bits per heavy atom. The fourth-order valence-corrected chi connectivity index (χ4v) is 3.16. The number of hydrogen-bond acceptors (Lipinski definition) is 4. The van der Waals surface area contributed by atoms with Gasteiger partial charge in [-0.2, -0.15) is 0 Å². The number of aryl methyl sites for hydroxylation is 1. The largest absolute Gasteiger partial charge is 0.297 e. The van der Waals surface area contributed by atoms with Crippen LogP contribution in [0.2, 0.25) is 5.02 Å². The SMILES string of the molecule is Cc1c(Cl)ccc2sc(N3CC(=O)CC3=O)nc12.